The van der Waals surface area contributed by atoms with E-state index >= 15 is 0 Å². The van der Waals surface area contributed by atoms with Crippen molar-refractivity contribution in [3.63, 3.8) is 0 Å². The van der Waals surface area contributed by atoms with Crippen LogP contribution in [-0.2, 0) is 11.4 Å². The van der Waals surface area contributed by atoms with E-state index in [0.717, 1.165) is 36.1 Å². The standard InChI is InChI=1S/C18H24N4OS/c1-13-11-23-14(2)10-20(13)12-21-18(24)22(16-6-4-3-5-7-16)17(19-21)15-8-9-15/h3-7,13-15H,8-12H2,1-2H3/t13-,14+/m0/s1. The summed E-state index contributed by atoms with van der Waals surface area (Å²) in [7, 11) is 0. The van der Waals surface area contributed by atoms with Crippen molar-refractivity contribution < 1.29 is 4.74 Å². The Labute approximate surface area is 147 Å². The van der Waals surface area contributed by atoms with Gasteiger partial charge in [-0.05, 0) is 51.0 Å². The van der Waals surface area contributed by atoms with Gasteiger partial charge < -0.3 is 4.74 Å². The van der Waals surface area contributed by atoms with Gasteiger partial charge in [-0.3, -0.25) is 9.47 Å². The maximum atomic E-state index is 5.78. The Hall–Kier alpha value is -1.50. The summed E-state index contributed by atoms with van der Waals surface area (Å²) in [5.41, 5.74) is 1.11. The number of hydrogen-bond donors (Lipinski definition) is 0. The molecule has 128 valence electrons. The van der Waals surface area contributed by atoms with E-state index in [-0.39, 0.29) is 6.10 Å². The Kier molecular flexibility index (Phi) is 4.28. The molecular weight excluding hydrogens is 320 g/mol. The first-order valence-electron chi connectivity index (χ1n) is 8.74. The highest BCUT2D eigenvalue weighted by molar-refractivity contribution is 7.71. The molecule has 0 radical (unpaired) electrons. The second-order valence-corrected chi connectivity index (χ2v) is 7.36. The lowest BCUT2D eigenvalue weighted by atomic mass is 10.2. The zero-order valence-electron chi connectivity index (χ0n) is 14.3. The smallest absolute Gasteiger partial charge is 0.203 e. The molecule has 1 aromatic heterocycles. The van der Waals surface area contributed by atoms with Crippen molar-refractivity contribution in [3.8, 4) is 5.69 Å². The fraction of sp³-hybridized carbons (Fsp3) is 0.556. The van der Waals surface area contributed by atoms with Crippen LogP contribution in [0.5, 0.6) is 0 Å². The maximum absolute atomic E-state index is 5.78. The van der Waals surface area contributed by atoms with E-state index < -0.39 is 0 Å². The van der Waals surface area contributed by atoms with Crippen molar-refractivity contribution in [1.29, 1.82) is 0 Å². The zero-order chi connectivity index (χ0) is 16.7. The summed E-state index contributed by atoms with van der Waals surface area (Å²) in [5.74, 6) is 1.66. The SMILES string of the molecule is C[C@@H]1CN(Cn2nc(C3CC3)n(-c3ccccc3)c2=S)[C@@H](C)CO1. The number of rotatable bonds is 4. The van der Waals surface area contributed by atoms with Gasteiger partial charge in [-0.1, -0.05) is 18.2 Å². The Balaban J connectivity index is 1.68. The molecule has 0 N–H and O–H groups in total. The Bertz CT molecular complexity index is 765. The minimum atomic E-state index is 0.259. The molecule has 0 amide bonds. The molecule has 0 unspecified atom stereocenters. The molecule has 1 aliphatic heterocycles. The molecule has 2 heterocycles. The number of benzene rings is 1. The van der Waals surface area contributed by atoms with Crippen molar-refractivity contribution in [3.05, 3.63) is 40.9 Å². The van der Waals surface area contributed by atoms with Crippen LogP contribution in [0.2, 0.25) is 0 Å². The first kappa shape index (κ1) is 16.0. The van der Waals surface area contributed by atoms with Gasteiger partial charge in [0.1, 0.15) is 5.82 Å². The summed E-state index contributed by atoms with van der Waals surface area (Å²) in [4.78, 5) is 2.41. The van der Waals surface area contributed by atoms with E-state index in [1.165, 1.54) is 12.8 Å². The van der Waals surface area contributed by atoms with E-state index in [4.69, 9.17) is 22.1 Å². The highest BCUT2D eigenvalue weighted by Gasteiger charge is 2.31. The van der Waals surface area contributed by atoms with Gasteiger partial charge in [-0.25, -0.2) is 4.68 Å². The van der Waals surface area contributed by atoms with Gasteiger partial charge in [-0.2, -0.15) is 5.10 Å². The number of ether oxygens (including phenoxy) is 1. The molecule has 5 nitrogen and oxygen atoms in total. The largest absolute Gasteiger partial charge is 0.376 e. The lowest BCUT2D eigenvalue weighted by Crippen LogP contribution is -2.47. The minimum absolute atomic E-state index is 0.259. The molecule has 1 aliphatic carbocycles. The first-order chi connectivity index (χ1) is 11.6. The molecule has 4 rings (SSSR count). The average molecular weight is 344 g/mol. The van der Waals surface area contributed by atoms with E-state index in [9.17, 15) is 0 Å². The molecule has 6 heteroatoms. The summed E-state index contributed by atoms with van der Waals surface area (Å²) >= 11 is 5.78. The van der Waals surface area contributed by atoms with Gasteiger partial charge in [0, 0.05) is 24.2 Å². The fourth-order valence-corrected chi connectivity index (χ4v) is 3.58. The molecule has 2 aliphatic rings. The second-order valence-electron chi connectivity index (χ2n) is 6.99. The molecule has 0 bridgehead atoms. The molecule has 24 heavy (non-hydrogen) atoms. The van der Waals surface area contributed by atoms with E-state index in [1.54, 1.807) is 0 Å². The summed E-state index contributed by atoms with van der Waals surface area (Å²) in [5, 5.41) is 4.89. The quantitative estimate of drug-likeness (QED) is 0.797. The van der Waals surface area contributed by atoms with E-state index in [0.29, 0.717) is 12.0 Å². The van der Waals surface area contributed by atoms with Crippen LogP contribution in [0.25, 0.3) is 5.69 Å². The van der Waals surface area contributed by atoms with Gasteiger partial charge in [0.05, 0.1) is 19.4 Å². The normalized spacial score (nSPS) is 25.1. The minimum Gasteiger partial charge on any atom is -0.376 e. The average Bonchev–Trinajstić information content (AvgIpc) is 3.37. The van der Waals surface area contributed by atoms with Crippen LogP contribution in [0.15, 0.2) is 30.3 Å². The van der Waals surface area contributed by atoms with Crippen molar-refractivity contribution in [2.24, 2.45) is 0 Å². The molecule has 0 spiro atoms. The highest BCUT2D eigenvalue weighted by Crippen LogP contribution is 2.40. The van der Waals surface area contributed by atoms with Crippen molar-refractivity contribution in [2.75, 3.05) is 13.2 Å². The summed E-state index contributed by atoms with van der Waals surface area (Å²) in [6, 6.07) is 10.7. The van der Waals surface area contributed by atoms with Crippen LogP contribution in [0.3, 0.4) is 0 Å². The Morgan fingerprint density at radius 3 is 2.67 bits per heavy atom. The maximum Gasteiger partial charge on any atom is 0.203 e. The molecule has 2 fully saturated rings. The third-order valence-electron chi connectivity index (χ3n) is 4.87. The number of nitrogens with zero attached hydrogens (tertiary/aromatic N) is 4. The van der Waals surface area contributed by atoms with E-state index in [2.05, 4.69) is 47.6 Å². The van der Waals surface area contributed by atoms with Gasteiger partial charge in [-0.15, -0.1) is 0 Å². The van der Waals surface area contributed by atoms with Gasteiger partial charge in [0.2, 0.25) is 4.77 Å². The van der Waals surface area contributed by atoms with Crippen molar-refractivity contribution in [1.82, 2.24) is 19.2 Å². The van der Waals surface area contributed by atoms with Crippen LogP contribution in [0, 0.1) is 4.77 Å². The number of para-hydroxylation sites is 1. The van der Waals surface area contributed by atoms with Crippen molar-refractivity contribution >= 4 is 12.2 Å². The predicted octanol–water partition coefficient (Wildman–Crippen LogP) is 3.35. The topological polar surface area (TPSA) is 35.2 Å². The van der Waals surface area contributed by atoms with Crippen LogP contribution in [0.4, 0.5) is 0 Å². The first-order valence-corrected chi connectivity index (χ1v) is 9.15. The summed E-state index contributed by atoms with van der Waals surface area (Å²) in [6.45, 7) is 6.73. The number of morpholine rings is 1. The third kappa shape index (κ3) is 3.06. The third-order valence-corrected chi connectivity index (χ3v) is 5.27. The second kappa shape index (κ2) is 6.43. The lowest BCUT2D eigenvalue weighted by molar-refractivity contribution is -0.0625. The monoisotopic (exact) mass is 344 g/mol. The zero-order valence-corrected chi connectivity index (χ0v) is 15.1. The molecule has 1 saturated heterocycles. The molecule has 2 atom stereocenters. The van der Waals surface area contributed by atoms with Crippen molar-refractivity contribution in [2.45, 2.75) is 51.4 Å². The molecule has 2 aromatic rings. The number of hydrogen-bond acceptors (Lipinski definition) is 4. The molecular formula is C18H24N4OS. The van der Waals surface area contributed by atoms with Gasteiger partial charge >= 0.3 is 0 Å². The lowest BCUT2D eigenvalue weighted by Gasteiger charge is -2.36. The van der Waals surface area contributed by atoms with Gasteiger partial charge in [0.25, 0.3) is 0 Å². The molecule has 1 aromatic carbocycles. The Morgan fingerprint density at radius 1 is 1.21 bits per heavy atom. The Morgan fingerprint density at radius 2 is 1.96 bits per heavy atom. The summed E-state index contributed by atoms with van der Waals surface area (Å²) < 4.78 is 10.7. The van der Waals surface area contributed by atoms with Crippen LogP contribution in [-0.4, -0.2) is 44.5 Å². The van der Waals surface area contributed by atoms with Gasteiger partial charge in [0.15, 0.2) is 0 Å². The summed E-state index contributed by atoms with van der Waals surface area (Å²) in [6.07, 6.45) is 2.68. The van der Waals surface area contributed by atoms with Crippen LogP contribution < -0.4 is 0 Å². The van der Waals surface area contributed by atoms with Crippen LogP contribution in [0.1, 0.15) is 38.4 Å². The predicted molar refractivity (Wildman–Crippen MR) is 95.9 cm³/mol. The highest BCUT2D eigenvalue weighted by atomic mass is 32.1. The number of aromatic nitrogens is 3. The fourth-order valence-electron chi connectivity index (χ4n) is 3.28. The van der Waals surface area contributed by atoms with Crippen LogP contribution >= 0.6 is 12.2 Å². The molecule has 1 saturated carbocycles. The van der Waals surface area contributed by atoms with E-state index in [1.807, 2.05) is 10.7 Å².